The van der Waals surface area contributed by atoms with E-state index < -0.39 is 8.24 Å². The summed E-state index contributed by atoms with van der Waals surface area (Å²) in [6, 6.07) is 7.56. The SMILES string of the molecule is C[Si](C)(C)n1c(=O)oc2ccccc21. The van der Waals surface area contributed by atoms with E-state index in [4.69, 9.17) is 4.42 Å². The number of fused-ring (bicyclic) bond motifs is 1. The molecule has 0 fully saturated rings. The lowest BCUT2D eigenvalue weighted by Gasteiger charge is -2.16. The highest BCUT2D eigenvalue weighted by Crippen LogP contribution is 2.16. The zero-order valence-corrected chi connectivity index (χ0v) is 9.57. The Morgan fingerprint density at radius 3 is 2.50 bits per heavy atom. The van der Waals surface area contributed by atoms with Crippen LogP contribution < -0.4 is 5.76 Å². The van der Waals surface area contributed by atoms with Gasteiger partial charge in [-0.2, -0.15) is 0 Å². The second kappa shape index (κ2) is 2.85. The van der Waals surface area contributed by atoms with Crippen molar-refractivity contribution in [1.29, 1.82) is 0 Å². The number of benzene rings is 1. The molecule has 0 atom stereocenters. The van der Waals surface area contributed by atoms with Crippen LogP contribution >= 0.6 is 0 Å². The fraction of sp³-hybridized carbons (Fsp3) is 0.300. The van der Waals surface area contributed by atoms with Gasteiger partial charge in [0.15, 0.2) is 13.8 Å². The van der Waals surface area contributed by atoms with Crippen LogP contribution in [0.4, 0.5) is 0 Å². The van der Waals surface area contributed by atoms with Crippen molar-refractivity contribution >= 4 is 19.3 Å². The molecule has 3 nitrogen and oxygen atoms in total. The number of rotatable bonds is 1. The van der Waals surface area contributed by atoms with Crippen LogP contribution in [0.15, 0.2) is 33.5 Å². The minimum absolute atomic E-state index is 0.231. The number of para-hydroxylation sites is 2. The van der Waals surface area contributed by atoms with E-state index in [1.165, 1.54) is 0 Å². The van der Waals surface area contributed by atoms with Gasteiger partial charge in [-0.3, -0.25) is 0 Å². The van der Waals surface area contributed by atoms with E-state index in [9.17, 15) is 4.79 Å². The van der Waals surface area contributed by atoms with Gasteiger partial charge in [0.1, 0.15) is 0 Å². The van der Waals surface area contributed by atoms with E-state index in [2.05, 4.69) is 19.6 Å². The van der Waals surface area contributed by atoms with Crippen LogP contribution in [0.2, 0.25) is 19.6 Å². The van der Waals surface area contributed by atoms with Crippen molar-refractivity contribution in [3.05, 3.63) is 34.8 Å². The fourth-order valence-corrected chi connectivity index (χ4v) is 3.10. The zero-order chi connectivity index (χ0) is 10.3. The first-order valence-corrected chi connectivity index (χ1v) is 8.06. The zero-order valence-electron chi connectivity index (χ0n) is 8.57. The van der Waals surface area contributed by atoms with E-state index in [0.29, 0.717) is 5.58 Å². The number of oxazole rings is 1. The smallest absolute Gasteiger partial charge is 0.408 e. The van der Waals surface area contributed by atoms with Gasteiger partial charge in [0.2, 0.25) is 0 Å². The van der Waals surface area contributed by atoms with E-state index in [1.54, 1.807) is 0 Å². The summed E-state index contributed by atoms with van der Waals surface area (Å²) in [5.74, 6) is -0.231. The molecule has 0 saturated carbocycles. The predicted octanol–water partition coefficient (Wildman–Crippen LogP) is 2.28. The van der Waals surface area contributed by atoms with Gasteiger partial charge in [0.05, 0.1) is 5.52 Å². The van der Waals surface area contributed by atoms with Gasteiger partial charge in [-0.05, 0) is 12.1 Å². The van der Waals surface area contributed by atoms with Crippen molar-refractivity contribution in [1.82, 2.24) is 4.23 Å². The summed E-state index contributed by atoms with van der Waals surface area (Å²) >= 11 is 0. The molecule has 2 rings (SSSR count). The molecule has 0 aliphatic carbocycles. The molecule has 0 saturated heterocycles. The lowest BCUT2D eigenvalue weighted by molar-refractivity contribution is 0.545. The summed E-state index contributed by atoms with van der Waals surface area (Å²) < 4.78 is 6.98. The minimum Gasteiger partial charge on any atom is -0.408 e. The first-order chi connectivity index (χ1) is 6.50. The summed E-state index contributed by atoms with van der Waals surface area (Å²) in [4.78, 5) is 11.6. The largest absolute Gasteiger partial charge is 0.411 e. The Morgan fingerprint density at radius 1 is 1.21 bits per heavy atom. The lowest BCUT2D eigenvalue weighted by Crippen LogP contribution is -2.38. The third-order valence-electron chi connectivity index (χ3n) is 2.16. The van der Waals surface area contributed by atoms with Gasteiger partial charge in [-0.1, -0.05) is 31.8 Å². The maximum absolute atomic E-state index is 11.6. The molecule has 14 heavy (non-hydrogen) atoms. The van der Waals surface area contributed by atoms with E-state index in [1.807, 2.05) is 28.5 Å². The van der Waals surface area contributed by atoms with Crippen LogP contribution in [0, 0.1) is 0 Å². The van der Waals surface area contributed by atoms with E-state index >= 15 is 0 Å². The van der Waals surface area contributed by atoms with Gasteiger partial charge in [-0.25, -0.2) is 4.79 Å². The highest BCUT2D eigenvalue weighted by Gasteiger charge is 2.22. The summed E-state index contributed by atoms with van der Waals surface area (Å²) in [7, 11) is -1.68. The molecule has 0 radical (unpaired) electrons. The second-order valence-electron chi connectivity index (χ2n) is 4.34. The van der Waals surface area contributed by atoms with Crippen molar-refractivity contribution in [2.45, 2.75) is 19.6 Å². The first-order valence-electron chi connectivity index (χ1n) is 4.61. The Morgan fingerprint density at radius 2 is 1.86 bits per heavy atom. The van der Waals surface area contributed by atoms with Crippen molar-refractivity contribution in [2.75, 3.05) is 0 Å². The Bertz CT molecular complexity index is 519. The van der Waals surface area contributed by atoms with Crippen LogP contribution in [-0.4, -0.2) is 12.5 Å². The molecule has 0 unspecified atom stereocenters. The Kier molecular flexibility index (Phi) is 1.89. The molecule has 0 spiro atoms. The predicted molar refractivity (Wildman–Crippen MR) is 59.2 cm³/mol. The Balaban J connectivity index is 2.88. The monoisotopic (exact) mass is 207 g/mol. The summed E-state index contributed by atoms with van der Waals surface area (Å²) in [6.07, 6.45) is 0. The molecule has 74 valence electrons. The highest BCUT2D eigenvalue weighted by molar-refractivity contribution is 6.75. The molecular formula is C10H13NO2Si. The average Bonchev–Trinajstić information content (AvgIpc) is 2.38. The number of hydrogen-bond acceptors (Lipinski definition) is 2. The molecule has 2 aromatic rings. The second-order valence-corrected chi connectivity index (χ2v) is 9.13. The van der Waals surface area contributed by atoms with Gasteiger partial charge >= 0.3 is 5.76 Å². The topological polar surface area (TPSA) is 35.1 Å². The molecule has 0 amide bonds. The number of hydrogen-bond donors (Lipinski definition) is 0. The molecule has 0 bridgehead atoms. The van der Waals surface area contributed by atoms with Crippen LogP contribution in [0.1, 0.15) is 0 Å². The van der Waals surface area contributed by atoms with Gasteiger partial charge in [0.25, 0.3) is 0 Å². The molecule has 0 aliphatic heterocycles. The van der Waals surface area contributed by atoms with Gasteiger partial charge in [-0.15, -0.1) is 0 Å². The standard InChI is InChI=1S/C10H13NO2Si/c1-14(2,3)11-8-6-4-5-7-9(8)13-10(11)12/h4-7H,1-3H3. The molecule has 0 aliphatic rings. The molecule has 4 heteroatoms. The highest BCUT2D eigenvalue weighted by atomic mass is 28.3. The van der Waals surface area contributed by atoms with Crippen LogP contribution in [0.25, 0.3) is 11.1 Å². The van der Waals surface area contributed by atoms with Crippen molar-refractivity contribution in [2.24, 2.45) is 0 Å². The fourth-order valence-electron chi connectivity index (χ4n) is 1.60. The molecule has 1 aromatic heterocycles. The maximum Gasteiger partial charge on any atom is 0.411 e. The van der Waals surface area contributed by atoms with E-state index in [-0.39, 0.29) is 5.76 Å². The first kappa shape index (κ1) is 9.27. The van der Waals surface area contributed by atoms with Crippen LogP contribution in [0.3, 0.4) is 0 Å². The van der Waals surface area contributed by atoms with Crippen molar-refractivity contribution in [3.8, 4) is 0 Å². The van der Waals surface area contributed by atoms with Crippen molar-refractivity contribution in [3.63, 3.8) is 0 Å². The van der Waals surface area contributed by atoms with Crippen LogP contribution in [0.5, 0.6) is 0 Å². The van der Waals surface area contributed by atoms with Gasteiger partial charge in [0, 0.05) is 0 Å². The van der Waals surface area contributed by atoms with Crippen LogP contribution in [-0.2, 0) is 0 Å². The number of nitrogens with zero attached hydrogens (tertiary/aromatic N) is 1. The molecular weight excluding hydrogens is 194 g/mol. The maximum atomic E-state index is 11.6. The molecule has 1 aromatic carbocycles. The number of aromatic nitrogens is 1. The van der Waals surface area contributed by atoms with E-state index in [0.717, 1.165) is 5.52 Å². The summed E-state index contributed by atoms with van der Waals surface area (Å²) in [5, 5.41) is 0. The minimum atomic E-state index is -1.68. The summed E-state index contributed by atoms with van der Waals surface area (Å²) in [6.45, 7) is 6.36. The van der Waals surface area contributed by atoms with Gasteiger partial charge < -0.3 is 8.65 Å². The normalized spacial score (nSPS) is 12.2. The molecule has 1 heterocycles. The Labute approximate surface area is 83.1 Å². The summed E-state index contributed by atoms with van der Waals surface area (Å²) in [5.41, 5.74) is 1.59. The molecule has 0 N–H and O–H groups in total. The third kappa shape index (κ3) is 1.31. The Hall–Kier alpha value is -1.29. The third-order valence-corrected chi connectivity index (χ3v) is 3.92. The lowest BCUT2D eigenvalue weighted by atomic mass is 10.3. The average molecular weight is 207 g/mol. The van der Waals surface area contributed by atoms with Crippen molar-refractivity contribution < 1.29 is 4.42 Å². The quantitative estimate of drug-likeness (QED) is 0.672.